The highest BCUT2D eigenvalue weighted by atomic mass is 16.1. The van der Waals surface area contributed by atoms with E-state index in [1.165, 1.54) is 5.56 Å². The Labute approximate surface area is 185 Å². The Morgan fingerprint density at radius 1 is 0.812 bits per heavy atom. The van der Waals surface area contributed by atoms with E-state index in [2.05, 4.69) is 52.1 Å². The maximum Gasteiger partial charge on any atom is 0.262 e. The van der Waals surface area contributed by atoms with Crippen LogP contribution in [0.5, 0.6) is 0 Å². The van der Waals surface area contributed by atoms with Crippen LogP contribution < -0.4 is 22.0 Å². The number of fused-ring (bicyclic) bond motifs is 1. The van der Waals surface area contributed by atoms with Crippen molar-refractivity contribution in [3.63, 3.8) is 0 Å². The molecule has 0 fully saturated rings. The van der Waals surface area contributed by atoms with Gasteiger partial charge in [-0.1, -0.05) is 54.6 Å². The highest BCUT2D eigenvalue weighted by molar-refractivity contribution is 5.95. The number of aromatic amines is 2. The van der Waals surface area contributed by atoms with Gasteiger partial charge in [-0.25, -0.2) is 4.98 Å². The summed E-state index contributed by atoms with van der Waals surface area (Å²) in [5.74, 6) is 0. The number of quaternary nitrogens is 1. The van der Waals surface area contributed by atoms with E-state index >= 15 is 0 Å². The molecule has 5 heteroatoms. The third-order valence-corrected chi connectivity index (χ3v) is 5.75. The molecule has 0 spiro atoms. The lowest BCUT2D eigenvalue weighted by molar-refractivity contribution is -0.386. The van der Waals surface area contributed by atoms with Crippen LogP contribution in [-0.4, -0.2) is 4.98 Å². The van der Waals surface area contributed by atoms with Crippen molar-refractivity contribution in [1.82, 2.24) is 4.98 Å². The average Bonchev–Trinajstić information content (AvgIpc) is 2.84. The number of H-pyrrole nitrogens is 2. The first-order chi connectivity index (χ1) is 15.6. The summed E-state index contributed by atoms with van der Waals surface area (Å²) in [6, 6.07) is 28.1. The second-order valence-electron chi connectivity index (χ2n) is 7.82. The van der Waals surface area contributed by atoms with Crippen molar-refractivity contribution in [3.8, 4) is 33.5 Å². The lowest BCUT2D eigenvalue weighted by Gasteiger charge is -2.09. The molecule has 0 bridgehead atoms. The van der Waals surface area contributed by atoms with E-state index in [4.69, 9.17) is 5.73 Å². The predicted molar refractivity (Wildman–Crippen MR) is 128 cm³/mol. The second-order valence-corrected chi connectivity index (χ2v) is 7.82. The molecule has 156 valence electrons. The van der Waals surface area contributed by atoms with Crippen LogP contribution in [0.15, 0.2) is 95.9 Å². The minimum Gasteiger partial charge on any atom is -0.399 e. The highest BCUT2D eigenvalue weighted by Crippen LogP contribution is 2.33. The summed E-state index contributed by atoms with van der Waals surface area (Å²) in [4.78, 5) is 19.3. The third-order valence-electron chi connectivity index (χ3n) is 5.75. The summed E-state index contributed by atoms with van der Waals surface area (Å²) in [6.45, 7) is 0.738. The summed E-state index contributed by atoms with van der Waals surface area (Å²) < 4.78 is 0. The van der Waals surface area contributed by atoms with Crippen LogP contribution in [0.4, 0.5) is 5.69 Å². The molecule has 0 aliphatic heterocycles. The molecule has 0 saturated carbocycles. The summed E-state index contributed by atoms with van der Waals surface area (Å²) in [5.41, 5.74) is 18.3. The number of hydrogen-bond acceptors (Lipinski definition) is 2. The standard InChI is InChI=1S/C27H22N4O/c28-15-17-9-11-19(12-10-17)25-22(18-5-2-1-3-6-18)14-23-26(31-25)24(16-30-27(23)32)20-7-4-8-21(29)13-20/h1-14,16H,15,28-29H2,(H,30,32)/p+2. The van der Waals surface area contributed by atoms with Crippen molar-refractivity contribution in [1.29, 1.82) is 0 Å². The molecule has 5 nitrogen and oxygen atoms in total. The number of hydrogen-bond donors (Lipinski definition) is 3. The zero-order valence-electron chi connectivity index (χ0n) is 17.6. The van der Waals surface area contributed by atoms with Gasteiger partial charge in [0.1, 0.15) is 5.39 Å². The molecule has 3 aromatic carbocycles. The molecular formula is C27H24N4O+2. The Bertz CT molecular complexity index is 1470. The lowest BCUT2D eigenvalue weighted by atomic mass is 9.95. The molecule has 0 atom stereocenters. The van der Waals surface area contributed by atoms with Crippen LogP contribution in [0.25, 0.3) is 44.4 Å². The van der Waals surface area contributed by atoms with Gasteiger partial charge in [-0.2, -0.15) is 0 Å². The topological polar surface area (TPSA) is 101 Å². The van der Waals surface area contributed by atoms with Gasteiger partial charge in [0.15, 0.2) is 0 Å². The summed E-state index contributed by atoms with van der Waals surface area (Å²) >= 11 is 0. The molecule has 7 N–H and O–H groups in total. The molecule has 32 heavy (non-hydrogen) atoms. The maximum atomic E-state index is 12.8. The second kappa shape index (κ2) is 8.13. The fourth-order valence-electron chi connectivity index (χ4n) is 4.07. The molecule has 0 saturated heterocycles. The molecule has 0 radical (unpaired) electrons. The molecular weight excluding hydrogens is 396 g/mol. The Balaban J connectivity index is 1.84. The summed E-state index contributed by atoms with van der Waals surface area (Å²) in [7, 11) is 0. The van der Waals surface area contributed by atoms with E-state index < -0.39 is 0 Å². The number of aromatic nitrogens is 2. The first kappa shape index (κ1) is 19.7. The van der Waals surface area contributed by atoms with Gasteiger partial charge in [-0.3, -0.25) is 4.79 Å². The number of pyridine rings is 2. The zero-order valence-corrected chi connectivity index (χ0v) is 17.6. The minimum atomic E-state index is -0.139. The number of anilines is 1. The molecule has 0 amide bonds. The van der Waals surface area contributed by atoms with Crippen LogP contribution >= 0.6 is 0 Å². The minimum absolute atomic E-state index is 0.139. The van der Waals surface area contributed by atoms with Gasteiger partial charge in [0.25, 0.3) is 5.56 Å². The van der Waals surface area contributed by atoms with E-state index in [-0.39, 0.29) is 5.56 Å². The normalized spacial score (nSPS) is 11.0. The van der Waals surface area contributed by atoms with E-state index in [0.29, 0.717) is 11.1 Å². The van der Waals surface area contributed by atoms with Crippen LogP contribution in [0.1, 0.15) is 5.56 Å². The molecule has 5 rings (SSSR count). The molecule has 2 aromatic heterocycles. The monoisotopic (exact) mass is 420 g/mol. The SMILES string of the molecule is Nc1cccc(-c2c[nH]c(=O)c3cc(-c4ccccc4)c(-c4ccc(C[NH3+])cc4)[nH+]c23)c1. The third kappa shape index (κ3) is 3.55. The van der Waals surface area contributed by atoms with E-state index in [1.807, 2.05) is 48.5 Å². The molecule has 0 unspecified atom stereocenters. The van der Waals surface area contributed by atoms with Gasteiger partial charge in [0.05, 0.1) is 17.7 Å². The number of nitrogen functional groups attached to an aromatic ring is 1. The van der Waals surface area contributed by atoms with Crippen molar-refractivity contribution >= 4 is 16.6 Å². The van der Waals surface area contributed by atoms with Crippen LogP contribution in [0, 0.1) is 0 Å². The quantitative estimate of drug-likeness (QED) is 0.387. The fourth-order valence-corrected chi connectivity index (χ4v) is 4.07. The summed E-state index contributed by atoms with van der Waals surface area (Å²) in [6.07, 6.45) is 1.74. The Kier molecular flexibility index (Phi) is 5.01. The largest absolute Gasteiger partial charge is 0.399 e. The Morgan fingerprint density at radius 2 is 1.56 bits per heavy atom. The number of benzene rings is 3. The average molecular weight is 421 g/mol. The number of nitrogens with one attached hydrogen (secondary N) is 2. The predicted octanol–water partition coefficient (Wildman–Crippen LogP) is 3.67. The molecule has 5 aromatic rings. The van der Waals surface area contributed by atoms with Crippen molar-refractivity contribution in [2.75, 3.05) is 5.73 Å². The first-order valence-electron chi connectivity index (χ1n) is 10.6. The Morgan fingerprint density at radius 3 is 2.28 bits per heavy atom. The molecule has 2 heterocycles. The van der Waals surface area contributed by atoms with E-state index in [9.17, 15) is 4.79 Å². The van der Waals surface area contributed by atoms with Gasteiger partial charge in [-0.15, -0.1) is 0 Å². The van der Waals surface area contributed by atoms with Crippen LogP contribution in [-0.2, 0) is 6.54 Å². The Hall–Kier alpha value is -4.22. The van der Waals surface area contributed by atoms with Gasteiger partial charge < -0.3 is 16.5 Å². The van der Waals surface area contributed by atoms with Gasteiger partial charge in [-0.05, 0) is 41.5 Å². The van der Waals surface area contributed by atoms with Gasteiger partial charge >= 0.3 is 0 Å². The number of rotatable bonds is 4. The number of nitrogens with two attached hydrogens (primary N) is 1. The van der Waals surface area contributed by atoms with Gasteiger partial charge in [0.2, 0.25) is 11.2 Å². The smallest absolute Gasteiger partial charge is 0.262 e. The fraction of sp³-hybridized carbons (Fsp3) is 0.0370. The summed E-state index contributed by atoms with van der Waals surface area (Å²) in [5, 5.41) is 0.599. The van der Waals surface area contributed by atoms with E-state index in [1.54, 1.807) is 6.20 Å². The zero-order chi connectivity index (χ0) is 22.1. The van der Waals surface area contributed by atoms with E-state index in [0.717, 1.165) is 45.6 Å². The molecule has 0 aliphatic carbocycles. The van der Waals surface area contributed by atoms with Crippen molar-refractivity contribution < 1.29 is 10.7 Å². The maximum absolute atomic E-state index is 12.8. The van der Waals surface area contributed by atoms with Crippen molar-refractivity contribution in [2.24, 2.45) is 0 Å². The molecule has 0 aliphatic rings. The highest BCUT2D eigenvalue weighted by Gasteiger charge is 2.21. The van der Waals surface area contributed by atoms with Crippen LogP contribution in [0.2, 0.25) is 0 Å². The lowest BCUT2D eigenvalue weighted by Crippen LogP contribution is -2.47. The first-order valence-corrected chi connectivity index (χ1v) is 10.6. The van der Waals surface area contributed by atoms with Crippen molar-refractivity contribution in [3.05, 3.63) is 107 Å². The van der Waals surface area contributed by atoms with Gasteiger partial charge in [0, 0.05) is 23.0 Å². The van der Waals surface area contributed by atoms with Crippen LogP contribution in [0.3, 0.4) is 0 Å². The van der Waals surface area contributed by atoms with Crippen molar-refractivity contribution in [2.45, 2.75) is 6.54 Å².